The molecule has 0 radical (unpaired) electrons. The fraction of sp³-hybridized carbons (Fsp3) is 0.312. The molecule has 23 heavy (non-hydrogen) atoms. The Hall–Kier alpha value is -0.830. The average molecular weight is 466 g/mol. The number of hydrogen-bond donors (Lipinski definition) is 3. The molecule has 0 saturated heterocycles. The van der Waals surface area contributed by atoms with Crippen LogP contribution < -0.4 is 11.1 Å². The quantitative estimate of drug-likeness (QED) is 0.343. The fourth-order valence-corrected chi connectivity index (χ4v) is 2.98. The van der Waals surface area contributed by atoms with E-state index in [1.807, 2.05) is 18.2 Å². The van der Waals surface area contributed by atoms with Crippen molar-refractivity contribution in [3.05, 3.63) is 51.2 Å². The van der Waals surface area contributed by atoms with Gasteiger partial charge in [-0.1, -0.05) is 37.6 Å². The predicted molar refractivity (Wildman–Crippen MR) is 110 cm³/mol. The maximum absolute atomic E-state index is 10.0. The van der Waals surface area contributed by atoms with Gasteiger partial charge in [-0.25, -0.2) is 0 Å². The summed E-state index contributed by atoms with van der Waals surface area (Å²) in [5.74, 6) is 0.730. The summed E-state index contributed by atoms with van der Waals surface area (Å²) in [6.45, 7) is 4.47. The van der Waals surface area contributed by atoms with Crippen molar-refractivity contribution in [2.75, 3.05) is 11.9 Å². The van der Waals surface area contributed by atoms with Crippen molar-refractivity contribution in [1.82, 2.24) is 0 Å². The van der Waals surface area contributed by atoms with E-state index in [0.29, 0.717) is 10.3 Å². The van der Waals surface area contributed by atoms with Crippen molar-refractivity contribution < 1.29 is 5.11 Å². The largest absolute Gasteiger partial charge is 0.386 e. The van der Waals surface area contributed by atoms with Crippen LogP contribution in [-0.2, 0) is 0 Å². The van der Waals surface area contributed by atoms with Crippen molar-refractivity contribution in [3.8, 4) is 0 Å². The molecule has 0 bridgehead atoms. The van der Waals surface area contributed by atoms with Gasteiger partial charge in [-0.05, 0) is 35.7 Å². The maximum Gasteiger partial charge on any atom is 0.193 e. The summed E-state index contributed by atoms with van der Waals surface area (Å²) in [6.07, 6.45) is -0.695. The first-order chi connectivity index (χ1) is 10.5. The SMILES string of the molecule is CC(C)c1cccc(NC(N)=NCC(O)c2ccc(Cl)s2)c1.I. The molecule has 0 aliphatic rings. The Kier molecular flexibility index (Phi) is 8.32. The lowest BCUT2D eigenvalue weighted by atomic mass is 10.0. The van der Waals surface area contributed by atoms with Crippen LogP contribution >= 0.6 is 46.9 Å². The van der Waals surface area contributed by atoms with Crippen LogP contribution in [-0.4, -0.2) is 17.6 Å². The number of nitrogens with one attached hydrogen (secondary N) is 1. The standard InChI is InChI=1S/C16H20ClN3OS.HI/c1-10(2)11-4-3-5-12(8-11)20-16(18)19-9-13(21)14-6-7-15(17)22-14;/h3-8,10,13,21H,9H2,1-2H3,(H3,18,19,20);1H. The smallest absolute Gasteiger partial charge is 0.193 e. The fourth-order valence-electron chi connectivity index (χ4n) is 1.95. The second kappa shape index (κ2) is 9.46. The first-order valence-corrected chi connectivity index (χ1v) is 8.25. The van der Waals surface area contributed by atoms with Crippen molar-refractivity contribution in [3.63, 3.8) is 0 Å². The van der Waals surface area contributed by atoms with Crippen LogP contribution in [0.5, 0.6) is 0 Å². The zero-order valence-electron chi connectivity index (χ0n) is 13.0. The number of rotatable bonds is 5. The molecule has 1 aromatic heterocycles. The maximum atomic E-state index is 10.0. The van der Waals surface area contributed by atoms with Gasteiger partial charge < -0.3 is 16.2 Å². The van der Waals surface area contributed by atoms with E-state index in [2.05, 4.69) is 30.2 Å². The third-order valence-electron chi connectivity index (χ3n) is 3.18. The number of halogens is 2. The summed E-state index contributed by atoms with van der Waals surface area (Å²) in [5.41, 5.74) is 7.99. The van der Waals surface area contributed by atoms with Crippen molar-refractivity contribution in [1.29, 1.82) is 0 Å². The van der Waals surface area contributed by atoms with Gasteiger partial charge >= 0.3 is 0 Å². The van der Waals surface area contributed by atoms with E-state index in [-0.39, 0.29) is 36.5 Å². The zero-order chi connectivity index (χ0) is 16.1. The summed E-state index contributed by atoms with van der Waals surface area (Å²) in [7, 11) is 0. The number of aliphatic hydroxyl groups excluding tert-OH is 1. The van der Waals surface area contributed by atoms with Crippen LogP contribution in [0.2, 0.25) is 4.34 Å². The molecule has 126 valence electrons. The Balaban J connectivity index is 0.00000264. The third kappa shape index (κ3) is 6.29. The van der Waals surface area contributed by atoms with Crippen molar-refractivity contribution in [2.45, 2.75) is 25.9 Å². The van der Waals surface area contributed by atoms with Gasteiger partial charge in [0.2, 0.25) is 0 Å². The van der Waals surface area contributed by atoms with Gasteiger partial charge in [0, 0.05) is 10.6 Å². The van der Waals surface area contributed by atoms with Crippen molar-refractivity contribution >= 4 is 58.6 Å². The van der Waals surface area contributed by atoms with E-state index in [1.165, 1.54) is 16.9 Å². The van der Waals surface area contributed by atoms with Crippen LogP contribution in [0.1, 0.15) is 36.3 Å². The number of aliphatic imine (C=N–C) groups is 1. The molecule has 1 atom stereocenters. The number of nitrogens with zero attached hydrogens (tertiary/aromatic N) is 1. The number of thiophene rings is 1. The van der Waals surface area contributed by atoms with E-state index in [1.54, 1.807) is 12.1 Å². The molecule has 0 spiro atoms. The third-order valence-corrected chi connectivity index (χ3v) is 4.52. The van der Waals surface area contributed by atoms with Crippen molar-refractivity contribution in [2.24, 2.45) is 10.7 Å². The van der Waals surface area contributed by atoms with Crippen LogP contribution in [0, 0.1) is 0 Å². The number of benzene rings is 1. The Bertz CT molecular complexity index is 660. The van der Waals surface area contributed by atoms with Crippen LogP contribution in [0.15, 0.2) is 41.4 Å². The van der Waals surface area contributed by atoms with Gasteiger partial charge in [-0.15, -0.1) is 35.3 Å². The minimum Gasteiger partial charge on any atom is -0.386 e. The molecule has 2 aromatic rings. The summed E-state index contributed by atoms with van der Waals surface area (Å²) in [6, 6.07) is 11.6. The van der Waals surface area contributed by atoms with E-state index >= 15 is 0 Å². The molecule has 0 fully saturated rings. The molecular formula is C16H21ClIN3OS. The number of nitrogens with two attached hydrogens (primary N) is 1. The monoisotopic (exact) mass is 465 g/mol. The molecule has 4 nitrogen and oxygen atoms in total. The lowest BCUT2D eigenvalue weighted by Crippen LogP contribution is -2.23. The number of guanidine groups is 1. The Morgan fingerprint density at radius 2 is 2.09 bits per heavy atom. The first kappa shape index (κ1) is 20.2. The van der Waals surface area contributed by atoms with Gasteiger partial charge in [-0.2, -0.15) is 0 Å². The second-order valence-corrected chi connectivity index (χ2v) is 7.04. The van der Waals surface area contributed by atoms with Crippen LogP contribution in [0.3, 0.4) is 0 Å². The minimum atomic E-state index is -0.695. The molecule has 2 rings (SSSR count). The van der Waals surface area contributed by atoms with Gasteiger partial charge in [0.05, 0.1) is 10.9 Å². The highest BCUT2D eigenvalue weighted by atomic mass is 127. The Morgan fingerprint density at radius 3 is 2.70 bits per heavy atom. The lowest BCUT2D eigenvalue weighted by molar-refractivity contribution is 0.191. The van der Waals surface area contributed by atoms with Crippen LogP contribution in [0.25, 0.3) is 0 Å². The Morgan fingerprint density at radius 1 is 1.35 bits per heavy atom. The van der Waals surface area contributed by atoms with Gasteiger partial charge in [0.15, 0.2) is 5.96 Å². The summed E-state index contributed by atoms with van der Waals surface area (Å²) < 4.78 is 0.648. The highest BCUT2D eigenvalue weighted by Gasteiger charge is 2.09. The zero-order valence-corrected chi connectivity index (χ0v) is 16.9. The van der Waals surface area contributed by atoms with E-state index < -0.39 is 6.10 Å². The molecule has 1 heterocycles. The first-order valence-electron chi connectivity index (χ1n) is 7.06. The molecule has 0 amide bonds. The van der Waals surface area contributed by atoms with E-state index in [4.69, 9.17) is 17.3 Å². The van der Waals surface area contributed by atoms with Gasteiger partial charge in [0.1, 0.15) is 6.10 Å². The predicted octanol–water partition coefficient (Wildman–Crippen LogP) is 4.60. The van der Waals surface area contributed by atoms with Gasteiger partial charge in [-0.3, -0.25) is 4.99 Å². The van der Waals surface area contributed by atoms with E-state index in [9.17, 15) is 5.11 Å². The molecule has 0 aliphatic carbocycles. The molecule has 4 N–H and O–H groups in total. The molecular weight excluding hydrogens is 445 g/mol. The highest BCUT2D eigenvalue weighted by Crippen LogP contribution is 2.27. The number of anilines is 1. The lowest BCUT2D eigenvalue weighted by Gasteiger charge is -2.10. The number of hydrogen-bond acceptors (Lipinski definition) is 3. The Labute approximate surface area is 162 Å². The molecule has 0 saturated carbocycles. The summed E-state index contributed by atoms with van der Waals surface area (Å²) >= 11 is 7.19. The number of aliphatic hydroxyl groups is 1. The molecule has 7 heteroatoms. The molecule has 1 aromatic carbocycles. The summed E-state index contributed by atoms with van der Waals surface area (Å²) in [4.78, 5) is 4.96. The van der Waals surface area contributed by atoms with Crippen LogP contribution in [0.4, 0.5) is 5.69 Å². The molecule has 1 unspecified atom stereocenters. The van der Waals surface area contributed by atoms with E-state index in [0.717, 1.165) is 10.6 Å². The average Bonchev–Trinajstić information content (AvgIpc) is 2.91. The highest BCUT2D eigenvalue weighted by molar-refractivity contribution is 14.0. The summed E-state index contributed by atoms with van der Waals surface area (Å²) in [5, 5.41) is 13.1. The topological polar surface area (TPSA) is 70.6 Å². The second-order valence-electron chi connectivity index (χ2n) is 5.29. The van der Waals surface area contributed by atoms with Gasteiger partial charge in [0.25, 0.3) is 0 Å². The normalized spacial score (nSPS) is 12.8. The molecule has 0 aliphatic heterocycles. The minimum absolute atomic E-state index is 0.